The van der Waals surface area contributed by atoms with Crippen molar-refractivity contribution in [2.45, 2.75) is 77.0 Å². The topological polar surface area (TPSA) is 65.1 Å². The predicted molar refractivity (Wildman–Crippen MR) is 96.6 cm³/mol. The summed E-state index contributed by atoms with van der Waals surface area (Å²) in [6.07, 6.45) is 7.20. The SMILES string of the molecule is CC(OCC1CCCO1)C(=O)OCC(=O)N1CCC(C)C2CCCCC21. The van der Waals surface area contributed by atoms with Crippen molar-refractivity contribution in [2.75, 3.05) is 26.4 Å². The second-order valence-corrected chi connectivity index (χ2v) is 8.09. The van der Waals surface area contributed by atoms with E-state index in [0.717, 1.165) is 38.8 Å². The average molecular weight is 367 g/mol. The van der Waals surface area contributed by atoms with Crippen LogP contribution in [0.3, 0.4) is 0 Å². The molecule has 26 heavy (non-hydrogen) atoms. The minimum Gasteiger partial charge on any atom is -0.454 e. The van der Waals surface area contributed by atoms with Gasteiger partial charge in [-0.1, -0.05) is 19.8 Å². The summed E-state index contributed by atoms with van der Waals surface area (Å²) in [4.78, 5) is 26.7. The lowest BCUT2D eigenvalue weighted by molar-refractivity contribution is -0.164. The van der Waals surface area contributed by atoms with E-state index in [4.69, 9.17) is 14.2 Å². The first-order valence-corrected chi connectivity index (χ1v) is 10.3. The third kappa shape index (κ3) is 4.77. The molecular formula is C20H33NO5. The second kappa shape index (κ2) is 9.18. The van der Waals surface area contributed by atoms with Crippen molar-refractivity contribution in [3.05, 3.63) is 0 Å². The molecule has 2 saturated heterocycles. The summed E-state index contributed by atoms with van der Waals surface area (Å²) in [5.41, 5.74) is 0. The minimum atomic E-state index is -0.671. The summed E-state index contributed by atoms with van der Waals surface area (Å²) < 4.78 is 16.3. The number of hydrogen-bond donors (Lipinski definition) is 0. The standard InChI is InChI=1S/C20H33NO5/c1-14-9-10-21(18-8-4-3-7-17(14)18)19(22)13-26-20(23)15(2)25-12-16-6-5-11-24-16/h14-18H,3-13H2,1-2H3. The second-order valence-electron chi connectivity index (χ2n) is 8.09. The Hall–Kier alpha value is -1.14. The van der Waals surface area contributed by atoms with Gasteiger partial charge in [0.15, 0.2) is 12.7 Å². The molecule has 0 aromatic heterocycles. The van der Waals surface area contributed by atoms with Crippen molar-refractivity contribution >= 4 is 11.9 Å². The Balaban J connectivity index is 1.43. The molecule has 0 spiro atoms. The molecule has 2 heterocycles. The minimum absolute atomic E-state index is 0.0616. The molecule has 0 bridgehead atoms. The molecule has 148 valence electrons. The van der Waals surface area contributed by atoms with Gasteiger partial charge in [0.25, 0.3) is 5.91 Å². The van der Waals surface area contributed by atoms with Crippen LogP contribution in [0.2, 0.25) is 0 Å². The van der Waals surface area contributed by atoms with Crippen LogP contribution < -0.4 is 0 Å². The van der Waals surface area contributed by atoms with Crippen molar-refractivity contribution in [1.82, 2.24) is 4.90 Å². The van der Waals surface area contributed by atoms with E-state index in [-0.39, 0.29) is 18.6 Å². The van der Waals surface area contributed by atoms with Crippen molar-refractivity contribution < 1.29 is 23.8 Å². The molecule has 0 N–H and O–H groups in total. The fourth-order valence-corrected chi connectivity index (χ4v) is 4.65. The summed E-state index contributed by atoms with van der Waals surface area (Å²) in [7, 11) is 0. The maximum absolute atomic E-state index is 12.6. The van der Waals surface area contributed by atoms with Crippen LogP contribution in [0.25, 0.3) is 0 Å². The number of hydrogen-bond acceptors (Lipinski definition) is 5. The van der Waals surface area contributed by atoms with Gasteiger partial charge in [-0.3, -0.25) is 4.79 Å². The van der Waals surface area contributed by atoms with Gasteiger partial charge in [-0.15, -0.1) is 0 Å². The lowest BCUT2D eigenvalue weighted by Crippen LogP contribution is -2.53. The number of nitrogens with zero attached hydrogens (tertiary/aromatic N) is 1. The molecule has 3 rings (SSSR count). The molecule has 0 aromatic rings. The van der Waals surface area contributed by atoms with E-state index in [2.05, 4.69) is 6.92 Å². The zero-order valence-corrected chi connectivity index (χ0v) is 16.2. The van der Waals surface area contributed by atoms with Gasteiger partial charge in [0.05, 0.1) is 12.7 Å². The highest BCUT2D eigenvalue weighted by atomic mass is 16.6. The van der Waals surface area contributed by atoms with E-state index >= 15 is 0 Å². The lowest BCUT2D eigenvalue weighted by Gasteiger charge is -2.47. The average Bonchev–Trinajstić information content (AvgIpc) is 3.18. The fraction of sp³-hybridized carbons (Fsp3) is 0.900. The molecular weight excluding hydrogens is 334 g/mol. The first kappa shape index (κ1) is 19.6. The molecule has 1 amide bonds. The lowest BCUT2D eigenvalue weighted by atomic mass is 9.72. The van der Waals surface area contributed by atoms with Crippen LogP contribution in [-0.2, 0) is 23.8 Å². The highest BCUT2D eigenvalue weighted by Crippen LogP contribution is 2.38. The number of carbonyl (C=O) groups is 2. The van der Waals surface area contributed by atoms with Crippen molar-refractivity contribution in [1.29, 1.82) is 0 Å². The van der Waals surface area contributed by atoms with Crippen molar-refractivity contribution in [2.24, 2.45) is 11.8 Å². The normalized spacial score (nSPS) is 32.8. The van der Waals surface area contributed by atoms with Crippen LogP contribution in [-0.4, -0.2) is 61.4 Å². The maximum Gasteiger partial charge on any atom is 0.335 e. The summed E-state index contributed by atoms with van der Waals surface area (Å²) in [6, 6.07) is 0.326. The summed E-state index contributed by atoms with van der Waals surface area (Å²) in [5.74, 6) is 0.749. The number of amides is 1. The number of carbonyl (C=O) groups excluding carboxylic acids is 2. The highest BCUT2D eigenvalue weighted by Gasteiger charge is 2.39. The van der Waals surface area contributed by atoms with Crippen molar-refractivity contribution in [3.63, 3.8) is 0 Å². The maximum atomic E-state index is 12.6. The molecule has 3 fully saturated rings. The molecule has 0 radical (unpaired) electrons. The molecule has 5 unspecified atom stereocenters. The quantitative estimate of drug-likeness (QED) is 0.675. The Kier molecular flexibility index (Phi) is 6.92. The van der Waals surface area contributed by atoms with Crippen LogP contribution in [0.5, 0.6) is 0 Å². The van der Waals surface area contributed by atoms with E-state index in [1.54, 1.807) is 6.92 Å². The van der Waals surface area contributed by atoms with Gasteiger partial charge >= 0.3 is 5.97 Å². The van der Waals surface area contributed by atoms with Crippen LogP contribution in [0.4, 0.5) is 0 Å². The Morgan fingerprint density at radius 2 is 1.96 bits per heavy atom. The van der Waals surface area contributed by atoms with Gasteiger partial charge in [0, 0.05) is 19.2 Å². The fourth-order valence-electron chi connectivity index (χ4n) is 4.65. The van der Waals surface area contributed by atoms with E-state index in [1.807, 2.05) is 4.90 Å². The zero-order chi connectivity index (χ0) is 18.5. The Morgan fingerprint density at radius 3 is 2.73 bits per heavy atom. The molecule has 3 aliphatic rings. The van der Waals surface area contributed by atoms with Crippen LogP contribution in [0.15, 0.2) is 0 Å². The number of rotatable bonds is 6. The Bertz CT molecular complexity index is 491. The number of esters is 1. The molecule has 1 saturated carbocycles. The van der Waals surface area contributed by atoms with Gasteiger partial charge in [-0.05, 0) is 50.9 Å². The third-order valence-electron chi connectivity index (χ3n) is 6.28. The van der Waals surface area contributed by atoms with Crippen LogP contribution in [0, 0.1) is 11.8 Å². The molecule has 6 heteroatoms. The molecule has 0 aromatic carbocycles. The van der Waals surface area contributed by atoms with E-state index < -0.39 is 12.1 Å². The third-order valence-corrected chi connectivity index (χ3v) is 6.28. The molecule has 1 aliphatic carbocycles. The molecule has 6 nitrogen and oxygen atoms in total. The molecule has 2 aliphatic heterocycles. The first-order chi connectivity index (χ1) is 12.6. The van der Waals surface area contributed by atoms with Crippen LogP contribution in [0.1, 0.15) is 58.8 Å². The number of ether oxygens (including phenoxy) is 3. The smallest absolute Gasteiger partial charge is 0.335 e. The van der Waals surface area contributed by atoms with E-state index in [1.165, 1.54) is 19.3 Å². The van der Waals surface area contributed by atoms with Gasteiger partial charge in [0.2, 0.25) is 0 Å². The Labute approximate surface area is 156 Å². The van der Waals surface area contributed by atoms with Gasteiger partial charge < -0.3 is 19.1 Å². The molecule has 5 atom stereocenters. The highest BCUT2D eigenvalue weighted by molar-refractivity contribution is 5.82. The number of likely N-dealkylation sites (tertiary alicyclic amines) is 1. The van der Waals surface area contributed by atoms with Crippen LogP contribution >= 0.6 is 0 Å². The number of piperidine rings is 1. The summed E-state index contributed by atoms with van der Waals surface area (Å²) >= 11 is 0. The van der Waals surface area contributed by atoms with Crippen molar-refractivity contribution in [3.8, 4) is 0 Å². The van der Waals surface area contributed by atoms with E-state index in [9.17, 15) is 9.59 Å². The first-order valence-electron chi connectivity index (χ1n) is 10.3. The van der Waals surface area contributed by atoms with Gasteiger partial charge in [-0.25, -0.2) is 4.79 Å². The predicted octanol–water partition coefficient (Wildman–Crippen LogP) is 2.54. The summed E-state index contributed by atoms with van der Waals surface area (Å²) in [6.45, 7) is 5.74. The monoisotopic (exact) mass is 367 g/mol. The zero-order valence-electron chi connectivity index (χ0n) is 16.2. The van der Waals surface area contributed by atoms with Gasteiger partial charge in [0.1, 0.15) is 0 Å². The number of fused-ring (bicyclic) bond motifs is 1. The van der Waals surface area contributed by atoms with E-state index in [0.29, 0.717) is 24.5 Å². The largest absolute Gasteiger partial charge is 0.454 e. The van der Waals surface area contributed by atoms with Gasteiger partial charge in [-0.2, -0.15) is 0 Å². The Morgan fingerprint density at radius 1 is 1.15 bits per heavy atom. The summed E-state index contributed by atoms with van der Waals surface area (Å²) in [5, 5.41) is 0.